The van der Waals surface area contributed by atoms with E-state index < -0.39 is 0 Å². The zero-order valence-corrected chi connectivity index (χ0v) is 11.0. The Kier molecular flexibility index (Phi) is 4.67. The SMILES string of the molecule is C[C@@H]1C[C@H](OC(=O)CSC#N)CC(C)(C)C1. The standard InChI is InChI=1S/C12H19NO2S/c1-9-4-10(6-12(2,3)5-9)15-11(14)7-16-8-13/h9-10H,4-7H2,1-3H3/t9-,10+/m1/s1. The Balaban J connectivity index is 2.42. The highest BCUT2D eigenvalue weighted by molar-refractivity contribution is 8.04. The van der Waals surface area contributed by atoms with Crippen molar-refractivity contribution < 1.29 is 9.53 Å². The summed E-state index contributed by atoms with van der Waals surface area (Å²) in [5, 5.41) is 10.2. The van der Waals surface area contributed by atoms with Crippen LogP contribution in [0.1, 0.15) is 40.0 Å². The second kappa shape index (κ2) is 5.58. The van der Waals surface area contributed by atoms with Crippen molar-refractivity contribution in [3.8, 4) is 5.40 Å². The average molecular weight is 241 g/mol. The Morgan fingerprint density at radius 2 is 2.25 bits per heavy atom. The first-order valence-electron chi connectivity index (χ1n) is 5.63. The highest BCUT2D eigenvalue weighted by Crippen LogP contribution is 2.39. The molecule has 0 aliphatic heterocycles. The Bertz CT molecular complexity index is 296. The van der Waals surface area contributed by atoms with Crippen LogP contribution in [-0.4, -0.2) is 17.8 Å². The zero-order valence-electron chi connectivity index (χ0n) is 10.2. The molecule has 0 radical (unpaired) electrons. The predicted octanol–water partition coefficient (Wildman–Crippen LogP) is 2.96. The fourth-order valence-corrected chi connectivity index (χ4v) is 2.91. The maximum Gasteiger partial charge on any atom is 0.317 e. The predicted molar refractivity (Wildman–Crippen MR) is 64.7 cm³/mol. The molecule has 1 aliphatic rings. The first-order chi connectivity index (χ1) is 7.43. The second-order valence-corrected chi connectivity index (χ2v) is 6.17. The molecule has 0 N–H and O–H groups in total. The quantitative estimate of drug-likeness (QED) is 0.563. The van der Waals surface area contributed by atoms with E-state index in [0.717, 1.165) is 24.6 Å². The van der Waals surface area contributed by atoms with Crippen molar-refractivity contribution in [2.45, 2.75) is 46.1 Å². The van der Waals surface area contributed by atoms with Crippen LogP contribution in [0.4, 0.5) is 0 Å². The molecule has 0 unspecified atom stereocenters. The van der Waals surface area contributed by atoms with Gasteiger partial charge in [-0.2, -0.15) is 5.26 Å². The van der Waals surface area contributed by atoms with Gasteiger partial charge in [0.2, 0.25) is 0 Å². The summed E-state index contributed by atoms with van der Waals surface area (Å²) in [5.41, 5.74) is 0.255. The monoisotopic (exact) mass is 241 g/mol. The minimum atomic E-state index is -0.263. The molecule has 1 fully saturated rings. The van der Waals surface area contributed by atoms with E-state index in [1.54, 1.807) is 0 Å². The fraction of sp³-hybridized carbons (Fsp3) is 0.833. The van der Waals surface area contributed by atoms with Gasteiger partial charge in [0.1, 0.15) is 17.3 Å². The first kappa shape index (κ1) is 13.4. The van der Waals surface area contributed by atoms with Gasteiger partial charge >= 0.3 is 5.97 Å². The number of carbonyl (C=O) groups excluding carboxylic acids is 1. The van der Waals surface area contributed by atoms with Crippen molar-refractivity contribution in [3.05, 3.63) is 0 Å². The van der Waals surface area contributed by atoms with Crippen LogP contribution < -0.4 is 0 Å². The number of esters is 1. The van der Waals surface area contributed by atoms with E-state index in [9.17, 15) is 4.79 Å². The molecule has 0 aromatic heterocycles. The summed E-state index contributed by atoms with van der Waals surface area (Å²) in [6, 6.07) is 0. The molecule has 0 saturated heterocycles. The van der Waals surface area contributed by atoms with Crippen LogP contribution in [0.15, 0.2) is 0 Å². The Morgan fingerprint density at radius 3 is 2.81 bits per heavy atom. The summed E-state index contributed by atoms with van der Waals surface area (Å²) in [4.78, 5) is 11.4. The van der Waals surface area contributed by atoms with Crippen molar-refractivity contribution in [2.24, 2.45) is 11.3 Å². The molecule has 4 heteroatoms. The number of hydrogen-bond donors (Lipinski definition) is 0. The molecule has 0 aromatic carbocycles. The molecule has 0 heterocycles. The van der Waals surface area contributed by atoms with Crippen LogP contribution >= 0.6 is 11.8 Å². The van der Waals surface area contributed by atoms with Crippen LogP contribution in [0, 0.1) is 22.0 Å². The van der Waals surface area contributed by atoms with Crippen LogP contribution in [0.5, 0.6) is 0 Å². The Hall–Kier alpha value is -0.690. The van der Waals surface area contributed by atoms with Gasteiger partial charge in [0.15, 0.2) is 0 Å². The van der Waals surface area contributed by atoms with Gasteiger partial charge in [-0.25, -0.2) is 0 Å². The largest absolute Gasteiger partial charge is 0.462 e. The van der Waals surface area contributed by atoms with E-state index in [-0.39, 0.29) is 23.2 Å². The minimum Gasteiger partial charge on any atom is -0.462 e. The lowest BCUT2D eigenvalue weighted by molar-refractivity contribution is -0.150. The molecule has 0 bridgehead atoms. The molecular weight excluding hydrogens is 222 g/mol. The molecule has 2 atom stereocenters. The molecule has 1 aliphatic carbocycles. The van der Waals surface area contributed by atoms with Crippen molar-refractivity contribution in [1.29, 1.82) is 5.26 Å². The van der Waals surface area contributed by atoms with Crippen LogP contribution in [0.2, 0.25) is 0 Å². The van der Waals surface area contributed by atoms with Gasteiger partial charge in [-0.3, -0.25) is 4.79 Å². The topological polar surface area (TPSA) is 50.1 Å². The van der Waals surface area contributed by atoms with Crippen molar-refractivity contribution in [1.82, 2.24) is 0 Å². The minimum absolute atomic E-state index is 0.0329. The van der Waals surface area contributed by atoms with Crippen LogP contribution in [-0.2, 0) is 9.53 Å². The number of thiocyanates is 1. The van der Waals surface area contributed by atoms with Crippen LogP contribution in [0.3, 0.4) is 0 Å². The number of nitrogens with zero attached hydrogens (tertiary/aromatic N) is 1. The lowest BCUT2D eigenvalue weighted by atomic mass is 9.71. The lowest BCUT2D eigenvalue weighted by Gasteiger charge is -2.38. The highest BCUT2D eigenvalue weighted by Gasteiger charge is 2.33. The van der Waals surface area contributed by atoms with Crippen molar-refractivity contribution >= 4 is 17.7 Å². The number of carbonyl (C=O) groups is 1. The van der Waals surface area contributed by atoms with Crippen molar-refractivity contribution in [2.75, 3.05) is 5.75 Å². The molecule has 0 aromatic rings. The van der Waals surface area contributed by atoms with Gasteiger partial charge in [0.25, 0.3) is 0 Å². The number of ether oxygens (including phenoxy) is 1. The van der Waals surface area contributed by atoms with E-state index in [2.05, 4.69) is 20.8 Å². The summed E-state index contributed by atoms with van der Waals surface area (Å²) < 4.78 is 5.39. The fourth-order valence-electron chi connectivity index (χ4n) is 2.66. The van der Waals surface area contributed by atoms with Gasteiger partial charge < -0.3 is 4.74 Å². The van der Waals surface area contributed by atoms with E-state index in [0.29, 0.717) is 5.92 Å². The summed E-state index contributed by atoms with van der Waals surface area (Å²) in [6.45, 7) is 6.63. The number of hydrogen-bond acceptors (Lipinski definition) is 4. The molecule has 3 nitrogen and oxygen atoms in total. The Labute approximate surface area is 102 Å². The van der Waals surface area contributed by atoms with Gasteiger partial charge in [0.05, 0.1) is 0 Å². The average Bonchev–Trinajstić information content (AvgIpc) is 2.11. The van der Waals surface area contributed by atoms with E-state index >= 15 is 0 Å². The third-order valence-corrected chi connectivity index (χ3v) is 3.41. The molecule has 1 rings (SSSR count). The van der Waals surface area contributed by atoms with Gasteiger partial charge in [0, 0.05) is 0 Å². The molecule has 0 spiro atoms. The van der Waals surface area contributed by atoms with Gasteiger partial charge in [-0.1, -0.05) is 20.8 Å². The van der Waals surface area contributed by atoms with E-state index in [1.807, 2.05) is 5.40 Å². The van der Waals surface area contributed by atoms with E-state index in [1.165, 1.54) is 6.42 Å². The second-order valence-electron chi connectivity index (χ2n) is 5.41. The Morgan fingerprint density at radius 1 is 1.56 bits per heavy atom. The van der Waals surface area contributed by atoms with Gasteiger partial charge in [-0.15, -0.1) is 0 Å². The summed E-state index contributed by atoms with van der Waals surface area (Å²) >= 11 is 0.936. The third kappa shape index (κ3) is 4.44. The normalized spacial score (nSPS) is 28.1. The molecule has 16 heavy (non-hydrogen) atoms. The maximum atomic E-state index is 11.4. The number of thioether (sulfide) groups is 1. The van der Waals surface area contributed by atoms with Crippen LogP contribution in [0.25, 0.3) is 0 Å². The zero-order chi connectivity index (χ0) is 12.2. The van der Waals surface area contributed by atoms with Crippen molar-refractivity contribution in [3.63, 3.8) is 0 Å². The highest BCUT2D eigenvalue weighted by atomic mass is 32.2. The maximum absolute atomic E-state index is 11.4. The van der Waals surface area contributed by atoms with E-state index in [4.69, 9.17) is 10.00 Å². The molecule has 90 valence electrons. The molecule has 1 saturated carbocycles. The third-order valence-electron chi connectivity index (χ3n) is 2.90. The summed E-state index contributed by atoms with van der Waals surface area (Å²) in [7, 11) is 0. The summed E-state index contributed by atoms with van der Waals surface area (Å²) in [5.74, 6) is 0.480. The molecular formula is C12H19NO2S. The lowest BCUT2D eigenvalue weighted by Crippen LogP contribution is -2.34. The smallest absolute Gasteiger partial charge is 0.317 e. The number of rotatable bonds is 3. The first-order valence-corrected chi connectivity index (χ1v) is 6.62. The number of nitriles is 1. The summed E-state index contributed by atoms with van der Waals surface area (Å²) in [6.07, 6.45) is 3.10. The van der Waals surface area contributed by atoms with Gasteiger partial charge in [-0.05, 0) is 42.4 Å². The molecule has 0 amide bonds.